The lowest BCUT2D eigenvalue weighted by Crippen LogP contribution is -2.26. The summed E-state index contributed by atoms with van der Waals surface area (Å²) in [5, 5.41) is 19.4. The van der Waals surface area contributed by atoms with Crippen LogP contribution in [-0.4, -0.2) is 32.4 Å². The van der Waals surface area contributed by atoms with Crippen molar-refractivity contribution in [3.8, 4) is 17.0 Å². The predicted molar refractivity (Wildman–Crippen MR) is 152 cm³/mol. The Bertz CT molecular complexity index is 1520. The maximum atomic E-state index is 13.3. The Hall–Kier alpha value is -3.52. The number of nitrogens with zero attached hydrogens (tertiary/aromatic N) is 3. The predicted octanol–water partition coefficient (Wildman–Crippen LogP) is 5.97. The fourth-order valence-electron chi connectivity index (χ4n) is 4.46. The third-order valence-electron chi connectivity index (χ3n) is 6.42. The Morgan fingerprint density at radius 3 is 2.21 bits per heavy atom. The van der Waals surface area contributed by atoms with E-state index in [-0.39, 0.29) is 41.9 Å². The van der Waals surface area contributed by atoms with E-state index in [4.69, 9.17) is 9.72 Å². The zero-order valence-electron chi connectivity index (χ0n) is 23.1. The van der Waals surface area contributed by atoms with Crippen molar-refractivity contribution in [2.45, 2.75) is 72.3 Å². The molecule has 8 heteroatoms. The number of phenolic OH excluding ortho intramolecular Hbond substituents is 1. The summed E-state index contributed by atoms with van der Waals surface area (Å²) in [5.41, 5.74) is 3.19. The normalized spacial score (nSPS) is 12.2. The van der Waals surface area contributed by atoms with Gasteiger partial charge in [0.25, 0.3) is 5.56 Å². The van der Waals surface area contributed by atoms with Crippen molar-refractivity contribution < 1.29 is 14.6 Å². The number of hydrogen-bond acceptors (Lipinski definition) is 7. The number of benzene rings is 2. The Kier molecular flexibility index (Phi) is 7.48. The van der Waals surface area contributed by atoms with Crippen LogP contribution in [0, 0.1) is 0 Å². The highest BCUT2D eigenvalue weighted by Gasteiger charge is 2.27. The van der Waals surface area contributed by atoms with Gasteiger partial charge >= 0.3 is 5.97 Å². The van der Waals surface area contributed by atoms with E-state index < -0.39 is 0 Å². The first kappa shape index (κ1) is 27.5. The van der Waals surface area contributed by atoms with Gasteiger partial charge in [-0.15, -0.1) is 11.3 Å². The van der Waals surface area contributed by atoms with Gasteiger partial charge in [-0.25, -0.2) is 9.67 Å². The van der Waals surface area contributed by atoms with E-state index >= 15 is 0 Å². The third kappa shape index (κ3) is 5.65. The lowest BCUT2D eigenvalue weighted by molar-refractivity contribution is -0.142. The van der Waals surface area contributed by atoms with Crippen molar-refractivity contribution in [2.75, 3.05) is 6.61 Å². The maximum absolute atomic E-state index is 13.3. The molecular formula is C30H35N3O4S. The molecule has 0 atom stereocenters. The SMILES string of the molecule is CCOC(=O)Cc1nn(Cc2nc(-c3cc(C(C)(C)C)c(O)c(C(C)(C)C)c3)cs2)c(=O)c2ccccc12. The first-order chi connectivity index (χ1) is 17.8. The van der Waals surface area contributed by atoms with Crippen LogP contribution in [-0.2, 0) is 33.3 Å². The van der Waals surface area contributed by atoms with Gasteiger partial charge < -0.3 is 9.84 Å². The molecule has 0 radical (unpaired) electrons. The minimum atomic E-state index is -0.386. The molecule has 0 unspecified atom stereocenters. The van der Waals surface area contributed by atoms with E-state index in [9.17, 15) is 14.7 Å². The summed E-state index contributed by atoms with van der Waals surface area (Å²) in [6.45, 7) is 14.7. The molecule has 0 bridgehead atoms. The van der Waals surface area contributed by atoms with Crippen LogP contribution in [0.5, 0.6) is 5.75 Å². The van der Waals surface area contributed by atoms with Gasteiger partial charge in [0.1, 0.15) is 10.8 Å². The molecule has 0 aliphatic heterocycles. The number of hydrogen-bond donors (Lipinski definition) is 1. The van der Waals surface area contributed by atoms with Crippen molar-refractivity contribution in [3.63, 3.8) is 0 Å². The molecule has 0 aliphatic carbocycles. The largest absolute Gasteiger partial charge is 0.507 e. The zero-order valence-corrected chi connectivity index (χ0v) is 23.9. The van der Waals surface area contributed by atoms with Gasteiger partial charge in [0.2, 0.25) is 0 Å². The van der Waals surface area contributed by atoms with E-state index in [0.29, 0.717) is 22.2 Å². The van der Waals surface area contributed by atoms with Crippen molar-refractivity contribution >= 4 is 28.1 Å². The minimum absolute atomic E-state index is 0.0174. The third-order valence-corrected chi connectivity index (χ3v) is 7.25. The Balaban J connectivity index is 1.75. The summed E-state index contributed by atoms with van der Waals surface area (Å²) in [6.07, 6.45) is -0.0174. The smallest absolute Gasteiger partial charge is 0.311 e. The molecule has 7 nitrogen and oxygen atoms in total. The lowest BCUT2D eigenvalue weighted by atomic mass is 9.78. The summed E-state index contributed by atoms with van der Waals surface area (Å²) < 4.78 is 6.49. The standard InChI is InChI=1S/C30H35N3O4S/c1-8-37-26(34)15-23-19-11-9-10-12-20(19)28(36)33(32-23)16-25-31-24(17-38-25)18-13-21(29(2,3)4)27(35)22(14-18)30(5,6)7/h9-14,17,35H,8,15-16H2,1-7H3. The number of phenols is 1. The highest BCUT2D eigenvalue weighted by atomic mass is 32.1. The van der Waals surface area contributed by atoms with Crippen molar-refractivity contribution in [3.05, 3.63) is 74.0 Å². The number of aromatic hydroxyl groups is 1. The number of thiazole rings is 1. The van der Waals surface area contributed by atoms with E-state index in [1.807, 2.05) is 23.6 Å². The second-order valence-electron chi connectivity index (χ2n) is 11.5. The summed E-state index contributed by atoms with van der Waals surface area (Å²) in [4.78, 5) is 30.3. The molecule has 0 aliphatic rings. The van der Waals surface area contributed by atoms with Crippen LogP contribution in [0.3, 0.4) is 0 Å². The average Bonchev–Trinajstić information content (AvgIpc) is 3.29. The van der Waals surface area contributed by atoms with E-state index in [1.165, 1.54) is 16.0 Å². The van der Waals surface area contributed by atoms with Gasteiger partial charge in [-0.3, -0.25) is 9.59 Å². The number of ether oxygens (including phenoxy) is 1. The van der Waals surface area contributed by atoms with Crippen LogP contribution in [0.1, 0.15) is 70.3 Å². The summed E-state index contributed by atoms with van der Waals surface area (Å²) in [5.74, 6) is -0.0613. The van der Waals surface area contributed by atoms with E-state index in [1.54, 1.807) is 25.1 Å². The second kappa shape index (κ2) is 10.3. The summed E-state index contributed by atoms with van der Waals surface area (Å²) in [6, 6.07) is 11.2. The van der Waals surface area contributed by atoms with Gasteiger partial charge in [-0.05, 0) is 36.0 Å². The van der Waals surface area contributed by atoms with E-state index in [0.717, 1.165) is 27.4 Å². The molecule has 0 saturated heterocycles. The molecule has 38 heavy (non-hydrogen) atoms. The molecule has 0 fully saturated rings. The molecule has 1 N–H and O–H groups in total. The number of fused-ring (bicyclic) bond motifs is 1. The number of esters is 1. The molecule has 200 valence electrons. The Morgan fingerprint density at radius 1 is 1.03 bits per heavy atom. The second-order valence-corrected chi connectivity index (χ2v) is 12.4. The number of aromatic nitrogens is 3. The average molecular weight is 534 g/mol. The first-order valence-corrected chi connectivity index (χ1v) is 13.6. The maximum Gasteiger partial charge on any atom is 0.311 e. The number of carbonyl (C=O) groups excluding carboxylic acids is 1. The molecule has 4 aromatic rings. The molecule has 4 rings (SSSR count). The monoisotopic (exact) mass is 533 g/mol. The van der Waals surface area contributed by atoms with Gasteiger partial charge in [-0.2, -0.15) is 5.10 Å². The molecule has 0 saturated carbocycles. The van der Waals surface area contributed by atoms with Crippen LogP contribution in [0.25, 0.3) is 22.0 Å². The van der Waals surface area contributed by atoms with Crippen LogP contribution < -0.4 is 5.56 Å². The topological polar surface area (TPSA) is 94.3 Å². The molecule has 0 amide bonds. The van der Waals surface area contributed by atoms with Crippen molar-refractivity contribution in [2.24, 2.45) is 0 Å². The zero-order chi connectivity index (χ0) is 27.8. The lowest BCUT2D eigenvalue weighted by Gasteiger charge is -2.28. The Labute approximate surface area is 227 Å². The number of carbonyl (C=O) groups is 1. The first-order valence-electron chi connectivity index (χ1n) is 12.8. The van der Waals surface area contributed by atoms with Crippen LogP contribution in [0.4, 0.5) is 0 Å². The molecule has 2 heterocycles. The van der Waals surface area contributed by atoms with Crippen molar-refractivity contribution in [1.82, 2.24) is 14.8 Å². The Morgan fingerprint density at radius 2 is 1.63 bits per heavy atom. The quantitative estimate of drug-likeness (QED) is 0.307. The van der Waals surface area contributed by atoms with Crippen LogP contribution in [0.15, 0.2) is 46.6 Å². The summed E-state index contributed by atoms with van der Waals surface area (Å²) >= 11 is 1.45. The fraction of sp³-hybridized carbons (Fsp3) is 0.400. The van der Waals surface area contributed by atoms with Crippen molar-refractivity contribution in [1.29, 1.82) is 0 Å². The summed E-state index contributed by atoms with van der Waals surface area (Å²) in [7, 11) is 0. The highest BCUT2D eigenvalue weighted by molar-refractivity contribution is 7.09. The fourth-order valence-corrected chi connectivity index (χ4v) is 5.25. The van der Waals surface area contributed by atoms with Gasteiger partial charge in [0.15, 0.2) is 0 Å². The molecule has 2 aromatic heterocycles. The van der Waals surface area contributed by atoms with Gasteiger partial charge in [0, 0.05) is 27.5 Å². The molecular weight excluding hydrogens is 498 g/mol. The molecule has 0 spiro atoms. The highest BCUT2D eigenvalue weighted by Crippen LogP contribution is 2.42. The minimum Gasteiger partial charge on any atom is -0.507 e. The van der Waals surface area contributed by atoms with Crippen LogP contribution >= 0.6 is 11.3 Å². The number of rotatable bonds is 6. The van der Waals surface area contributed by atoms with Gasteiger partial charge in [0.05, 0.1) is 36.3 Å². The van der Waals surface area contributed by atoms with Gasteiger partial charge in [-0.1, -0.05) is 59.7 Å². The molecule has 2 aromatic carbocycles. The van der Waals surface area contributed by atoms with E-state index in [2.05, 4.69) is 46.6 Å². The van der Waals surface area contributed by atoms with Crippen LogP contribution in [0.2, 0.25) is 0 Å².